The number of ether oxygens (including phenoxy) is 1. The van der Waals surface area contributed by atoms with Crippen LogP contribution in [0.4, 0.5) is 4.79 Å². The Balaban J connectivity index is 1.44. The van der Waals surface area contributed by atoms with Crippen molar-refractivity contribution >= 4 is 17.1 Å². The number of hydrogen-bond acceptors (Lipinski definition) is 4. The molecule has 2 saturated heterocycles. The van der Waals surface area contributed by atoms with Gasteiger partial charge in [-0.2, -0.15) is 0 Å². The second-order valence-electron chi connectivity index (χ2n) is 6.15. The molecule has 0 saturated carbocycles. The Morgan fingerprint density at radius 2 is 2.05 bits per heavy atom. The average molecular weight is 300 g/mol. The number of carbonyl (C=O) groups is 1. The summed E-state index contributed by atoms with van der Waals surface area (Å²) in [6, 6.07) is 8.05. The molecule has 116 valence electrons. The summed E-state index contributed by atoms with van der Waals surface area (Å²) in [7, 11) is 0. The molecule has 2 aliphatic rings. The normalized spacial score (nSPS) is 20.7. The predicted octanol–water partition coefficient (Wildman–Crippen LogP) is 1.61. The molecular weight excluding hydrogens is 280 g/mol. The van der Waals surface area contributed by atoms with Crippen LogP contribution < -0.4 is 5.32 Å². The Bertz CT molecular complexity index is 690. The van der Waals surface area contributed by atoms with E-state index in [-0.39, 0.29) is 11.7 Å². The minimum Gasteiger partial charge on any atom is -0.441 e. The number of rotatable bonds is 3. The van der Waals surface area contributed by atoms with Gasteiger partial charge in [-0.1, -0.05) is 12.1 Å². The molecule has 1 N–H and O–H groups in total. The molecule has 1 spiro atoms. The third-order valence-electron chi connectivity index (χ3n) is 4.69. The lowest BCUT2D eigenvalue weighted by Crippen LogP contribution is -2.45. The Morgan fingerprint density at radius 3 is 2.91 bits per heavy atom. The summed E-state index contributed by atoms with van der Waals surface area (Å²) in [5, 5.41) is 3.32. The highest BCUT2D eigenvalue weighted by Gasteiger charge is 2.45. The number of imidazole rings is 1. The monoisotopic (exact) mass is 300 g/mol. The van der Waals surface area contributed by atoms with E-state index in [1.165, 1.54) is 0 Å². The standard InChI is InChI=1S/C16H20N4O2/c21-15-19(11-16(22-15)5-7-17-8-6-16)9-10-20-12-18-13-3-1-2-4-14(13)20/h1-4,12,17H,5-11H2. The highest BCUT2D eigenvalue weighted by atomic mass is 16.6. The molecule has 0 unspecified atom stereocenters. The van der Waals surface area contributed by atoms with Gasteiger partial charge in [0.1, 0.15) is 5.60 Å². The fourth-order valence-corrected chi connectivity index (χ4v) is 3.42. The maximum Gasteiger partial charge on any atom is 0.410 e. The van der Waals surface area contributed by atoms with Gasteiger partial charge < -0.3 is 19.5 Å². The molecule has 2 aliphatic heterocycles. The number of carbonyl (C=O) groups excluding carboxylic acids is 1. The van der Waals surface area contributed by atoms with Gasteiger partial charge >= 0.3 is 6.09 Å². The van der Waals surface area contributed by atoms with E-state index >= 15 is 0 Å². The summed E-state index contributed by atoms with van der Waals surface area (Å²) in [4.78, 5) is 18.3. The minimum absolute atomic E-state index is 0.175. The molecule has 3 heterocycles. The van der Waals surface area contributed by atoms with Crippen molar-refractivity contribution in [2.45, 2.75) is 25.0 Å². The van der Waals surface area contributed by atoms with Gasteiger partial charge in [0, 0.05) is 25.9 Å². The number of aromatic nitrogens is 2. The Hall–Kier alpha value is -2.08. The zero-order valence-corrected chi connectivity index (χ0v) is 12.5. The second kappa shape index (κ2) is 5.28. The van der Waals surface area contributed by atoms with Crippen LogP contribution in [0.3, 0.4) is 0 Å². The van der Waals surface area contributed by atoms with Gasteiger partial charge in [0.25, 0.3) is 0 Å². The molecule has 1 aromatic heterocycles. The van der Waals surface area contributed by atoms with Crippen LogP contribution >= 0.6 is 0 Å². The quantitative estimate of drug-likeness (QED) is 0.935. The number of benzene rings is 1. The van der Waals surface area contributed by atoms with E-state index in [2.05, 4.69) is 20.9 Å². The predicted molar refractivity (Wildman–Crippen MR) is 82.6 cm³/mol. The fourth-order valence-electron chi connectivity index (χ4n) is 3.42. The second-order valence-corrected chi connectivity index (χ2v) is 6.15. The molecule has 22 heavy (non-hydrogen) atoms. The van der Waals surface area contributed by atoms with Crippen molar-refractivity contribution in [1.82, 2.24) is 19.8 Å². The van der Waals surface area contributed by atoms with Crippen LogP contribution in [0, 0.1) is 0 Å². The largest absolute Gasteiger partial charge is 0.441 e. The number of para-hydroxylation sites is 2. The molecule has 1 amide bonds. The van der Waals surface area contributed by atoms with Crippen molar-refractivity contribution in [2.24, 2.45) is 0 Å². The van der Waals surface area contributed by atoms with Crippen molar-refractivity contribution in [2.75, 3.05) is 26.2 Å². The fraction of sp³-hybridized carbons (Fsp3) is 0.500. The van der Waals surface area contributed by atoms with Crippen LogP contribution in [-0.2, 0) is 11.3 Å². The van der Waals surface area contributed by atoms with Crippen molar-refractivity contribution in [1.29, 1.82) is 0 Å². The van der Waals surface area contributed by atoms with Crippen molar-refractivity contribution < 1.29 is 9.53 Å². The molecule has 4 rings (SSSR count). The minimum atomic E-state index is -0.265. The first-order valence-corrected chi connectivity index (χ1v) is 7.84. The zero-order valence-electron chi connectivity index (χ0n) is 12.5. The first-order chi connectivity index (χ1) is 10.8. The van der Waals surface area contributed by atoms with Gasteiger partial charge in [-0.15, -0.1) is 0 Å². The lowest BCUT2D eigenvalue weighted by Gasteiger charge is -2.31. The van der Waals surface area contributed by atoms with E-state index < -0.39 is 0 Å². The highest BCUT2D eigenvalue weighted by molar-refractivity contribution is 5.75. The summed E-state index contributed by atoms with van der Waals surface area (Å²) in [6.07, 6.45) is 3.48. The molecule has 2 fully saturated rings. The molecule has 6 heteroatoms. The van der Waals surface area contributed by atoms with Crippen molar-refractivity contribution in [3.8, 4) is 0 Å². The average Bonchev–Trinajstić information content (AvgIpc) is 3.08. The van der Waals surface area contributed by atoms with Gasteiger partial charge in [0.05, 0.1) is 23.9 Å². The van der Waals surface area contributed by atoms with E-state index in [4.69, 9.17) is 4.74 Å². The Kier molecular flexibility index (Phi) is 3.26. The maximum absolute atomic E-state index is 12.1. The first kappa shape index (κ1) is 13.6. The molecule has 0 atom stereocenters. The molecule has 0 aliphatic carbocycles. The van der Waals surface area contributed by atoms with E-state index in [9.17, 15) is 4.79 Å². The number of amides is 1. The molecular formula is C16H20N4O2. The van der Waals surface area contributed by atoms with E-state index in [0.717, 1.165) is 43.5 Å². The van der Waals surface area contributed by atoms with Crippen LogP contribution in [0.1, 0.15) is 12.8 Å². The summed E-state index contributed by atoms with van der Waals surface area (Å²) < 4.78 is 7.78. The number of piperidine rings is 1. The summed E-state index contributed by atoms with van der Waals surface area (Å²) in [5.41, 5.74) is 1.83. The molecule has 0 radical (unpaired) electrons. The lowest BCUT2D eigenvalue weighted by molar-refractivity contribution is 0.0316. The summed E-state index contributed by atoms with van der Waals surface area (Å²) >= 11 is 0. The third kappa shape index (κ3) is 2.33. The molecule has 0 bridgehead atoms. The molecule has 6 nitrogen and oxygen atoms in total. The van der Waals surface area contributed by atoms with Gasteiger partial charge in [-0.25, -0.2) is 9.78 Å². The SMILES string of the molecule is O=C1OC2(CCNCC2)CN1CCn1cnc2ccccc21. The Labute approximate surface area is 129 Å². The first-order valence-electron chi connectivity index (χ1n) is 7.84. The van der Waals surface area contributed by atoms with Crippen LogP contribution in [0.25, 0.3) is 11.0 Å². The van der Waals surface area contributed by atoms with Gasteiger partial charge in [0.15, 0.2) is 0 Å². The van der Waals surface area contributed by atoms with E-state index in [1.54, 1.807) is 0 Å². The molecule has 2 aromatic rings. The van der Waals surface area contributed by atoms with E-state index in [0.29, 0.717) is 13.1 Å². The van der Waals surface area contributed by atoms with Crippen LogP contribution in [0.5, 0.6) is 0 Å². The lowest BCUT2D eigenvalue weighted by atomic mass is 9.92. The van der Waals surface area contributed by atoms with Crippen LogP contribution in [-0.4, -0.2) is 52.3 Å². The van der Waals surface area contributed by atoms with Crippen molar-refractivity contribution in [3.63, 3.8) is 0 Å². The topological polar surface area (TPSA) is 59.4 Å². The highest BCUT2D eigenvalue weighted by Crippen LogP contribution is 2.31. The zero-order chi connectivity index (χ0) is 15.0. The Morgan fingerprint density at radius 1 is 1.23 bits per heavy atom. The summed E-state index contributed by atoms with van der Waals surface area (Å²) in [5.74, 6) is 0. The maximum atomic E-state index is 12.1. The number of nitrogens with zero attached hydrogens (tertiary/aromatic N) is 3. The third-order valence-corrected chi connectivity index (χ3v) is 4.69. The number of hydrogen-bond donors (Lipinski definition) is 1. The molecule has 1 aromatic carbocycles. The number of nitrogens with one attached hydrogen (secondary N) is 1. The van der Waals surface area contributed by atoms with Gasteiger partial charge in [-0.3, -0.25) is 0 Å². The smallest absolute Gasteiger partial charge is 0.410 e. The van der Waals surface area contributed by atoms with Gasteiger partial charge in [0.2, 0.25) is 0 Å². The van der Waals surface area contributed by atoms with Crippen LogP contribution in [0.15, 0.2) is 30.6 Å². The van der Waals surface area contributed by atoms with Crippen LogP contribution in [0.2, 0.25) is 0 Å². The van der Waals surface area contributed by atoms with Crippen molar-refractivity contribution in [3.05, 3.63) is 30.6 Å². The summed E-state index contributed by atoms with van der Waals surface area (Å²) in [6.45, 7) is 3.96. The van der Waals surface area contributed by atoms with Gasteiger partial charge in [-0.05, 0) is 25.2 Å². The number of fused-ring (bicyclic) bond motifs is 1. The van der Waals surface area contributed by atoms with E-state index in [1.807, 2.05) is 29.4 Å².